The van der Waals surface area contributed by atoms with E-state index < -0.39 is 0 Å². The van der Waals surface area contributed by atoms with Gasteiger partial charge in [-0.05, 0) is 25.9 Å². The molecule has 0 aromatic rings. The Morgan fingerprint density at radius 2 is 1.88 bits per heavy atom. The first-order valence-electron chi connectivity index (χ1n) is 6.40. The number of hydrogen-bond donors (Lipinski definition) is 1. The highest BCUT2D eigenvalue weighted by Gasteiger charge is 2.28. The van der Waals surface area contributed by atoms with E-state index in [0.29, 0.717) is 12.5 Å². The van der Waals surface area contributed by atoms with Crippen molar-refractivity contribution >= 4 is 5.91 Å². The van der Waals surface area contributed by atoms with Gasteiger partial charge in [0.15, 0.2) is 0 Å². The van der Waals surface area contributed by atoms with Crippen LogP contribution < -0.4 is 5.32 Å². The standard InChI is InChI=1S/C12H20N4O/c13-3-8-15-6-1-11(2-7-15)12(17)16-9-4-14-5-10-16/h11,14H,1-2,4-10H2. The maximum absolute atomic E-state index is 12.2. The third-order valence-corrected chi connectivity index (χ3v) is 3.66. The number of piperazine rings is 1. The van der Waals surface area contributed by atoms with Crippen molar-refractivity contribution in [3.05, 3.63) is 0 Å². The molecule has 2 fully saturated rings. The summed E-state index contributed by atoms with van der Waals surface area (Å²) in [5.41, 5.74) is 0. The Morgan fingerprint density at radius 1 is 1.24 bits per heavy atom. The van der Waals surface area contributed by atoms with Gasteiger partial charge in [0.1, 0.15) is 0 Å². The molecule has 0 aromatic carbocycles. The zero-order chi connectivity index (χ0) is 12.1. The fourth-order valence-corrected chi connectivity index (χ4v) is 2.58. The number of amides is 1. The molecule has 0 atom stereocenters. The second-order valence-electron chi connectivity index (χ2n) is 4.78. The van der Waals surface area contributed by atoms with Gasteiger partial charge in [-0.3, -0.25) is 9.69 Å². The van der Waals surface area contributed by atoms with E-state index in [2.05, 4.69) is 16.3 Å². The largest absolute Gasteiger partial charge is 0.340 e. The van der Waals surface area contributed by atoms with E-state index in [1.54, 1.807) is 0 Å². The van der Waals surface area contributed by atoms with Crippen LogP contribution >= 0.6 is 0 Å². The van der Waals surface area contributed by atoms with Crippen LogP contribution in [0, 0.1) is 17.2 Å². The van der Waals surface area contributed by atoms with Gasteiger partial charge in [0.05, 0.1) is 12.6 Å². The minimum Gasteiger partial charge on any atom is -0.340 e. The molecule has 2 aliphatic heterocycles. The molecule has 0 radical (unpaired) electrons. The van der Waals surface area contributed by atoms with Crippen molar-refractivity contribution in [3.63, 3.8) is 0 Å². The Kier molecular flexibility index (Phi) is 4.35. The number of rotatable bonds is 2. The Balaban J connectivity index is 1.79. The molecule has 0 aliphatic carbocycles. The number of nitrogens with zero attached hydrogens (tertiary/aromatic N) is 3. The van der Waals surface area contributed by atoms with Crippen LogP contribution in [0.3, 0.4) is 0 Å². The quantitative estimate of drug-likeness (QED) is 0.666. The summed E-state index contributed by atoms with van der Waals surface area (Å²) in [6.07, 6.45) is 1.81. The molecule has 2 aliphatic rings. The first kappa shape index (κ1) is 12.3. The summed E-state index contributed by atoms with van der Waals surface area (Å²) in [6.45, 7) is 5.78. The van der Waals surface area contributed by atoms with E-state index in [1.807, 2.05) is 4.90 Å². The Labute approximate surface area is 102 Å². The second-order valence-corrected chi connectivity index (χ2v) is 4.78. The molecular formula is C12H20N4O. The summed E-state index contributed by atoms with van der Waals surface area (Å²) in [4.78, 5) is 16.3. The zero-order valence-corrected chi connectivity index (χ0v) is 10.2. The van der Waals surface area contributed by atoms with Crippen molar-refractivity contribution in [3.8, 4) is 6.07 Å². The van der Waals surface area contributed by atoms with Gasteiger partial charge in [0.2, 0.25) is 5.91 Å². The summed E-state index contributed by atoms with van der Waals surface area (Å²) in [5, 5.41) is 11.9. The molecule has 1 N–H and O–H groups in total. The normalized spacial score (nSPS) is 23.4. The minimum absolute atomic E-state index is 0.183. The van der Waals surface area contributed by atoms with E-state index >= 15 is 0 Å². The molecule has 5 heteroatoms. The Morgan fingerprint density at radius 3 is 2.47 bits per heavy atom. The molecule has 0 spiro atoms. The van der Waals surface area contributed by atoms with Gasteiger partial charge in [-0.15, -0.1) is 0 Å². The van der Waals surface area contributed by atoms with Crippen molar-refractivity contribution in [1.82, 2.24) is 15.1 Å². The van der Waals surface area contributed by atoms with Crippen LogP contribution in [0.5, 0.6) is 0 Å². The second kappa shape index (κ2) is 5.99. The van der Waals surface area contributed by atoms with Gasteiger partial charge in [-0.2, -0.15) is 5.26 Å². The monoisotopic (exact) mass is 236 g/mol. The molecule has 0 unspecified atom stereocenters. The van der Waals surface area contributed by atoms with Crippen molar-refractivity contribution < 1.29 is 4.79 Å². The number of hydrogen-bond acceptors (Lipinski definition) is 4. The van der Waals surface area contributed by atoms with Gasteiger partial charge in [0.25, 0.3) is 0 Å². The smallest absolute Gasteiger partial charge is 0.225 e. The van der Waals surface area contributed by atoms with Gasteiger partial charge in [-0.1, -0.05) is 0 Å². The maximum Gasteiger partial charge on any atom is 0.225 e. The summed E-state index contributed by atoms with van der Waals surface area (Å²) in [5.74, 6) is 0.506. The minimum atomic E-state index is 0.183. The highest BCUT2D eigenvalue weighted by atomic mass is 16.2. The van der Waals surface area contributed by atoms with Gasteiger partial charge >= 0.3 is 0 Å². The topological polar surface area (TPSA) is 59.4 Å². The number of nitrogens with one attached hydrogen (secondary N) is 1. The lowest BCUT2D eigenvalue weighted by molar-refractivity contribution is -0.137. The molecule has 5 nitrogen and oxygen atoms in total. The summed E-state index contributed by atoms with van der Waals surface area (Å²) < 4.78 is 0. The van der Waals surface area contributed by atoms with Crippen LogP contribution in [0.25, 0.3) is 0 Å². The number of piperidine rings is 1. The first-order valence-corrected chi connectivity index (χ1v) is 6.40. The lowest BCUT2D eigenvalue weighted by Crippen LogP contribution is -2.50. The van der Waals surface area contributed by atoms with Gasteiger partial charge in [-0.25, -0.2) is 0 Å². The molecule has 0 bridgehead atoms. The SMILES string of the molecule is N#CCN1CCC(C(=O)N2CCNCC2)CC1. The number of carbonyl (C=O) groups excluding carboxylic acids is 1. The Bertz CT molecular complexity index is 298. The fourth-order valence-electron chi connectivity index (χ4n) is 2.58. The van der Waals surface area contributed by atoms with Crippen LogP contribution in [0.2, 0.25) is 0 Å². The molecule has 2 rings (SSSR count). The fraction of sp³-hybridized carbons (Fsp3) is 0.833. The van der Waals surface area contributed by atoms with Crippen LogP contribution in [-0.2, 0) is 4.79 Å². The molecule has 1 amide bonds. The van der Waals surface area contributed by atoms with E-state index in [1.165, 1.54) is 0 Å². The third-order valence-electron chi connectivity index (χ3n) is 3.66. The average molecular weight is 236 g/mol. The van der Waals surface area contributed by atoms with Crippen molar-refractivity contribution in [2.75, 3.05) is 45.8 Å². The van der Waals surface area contributed by atoms with Crippen molar-refractivity contribution in [1.29, 1.82) is 5.26 Å². The maximum atomic E-state index is 12.2. The molecule has 2 saturated heterocycles. The highest BCUT2D eigenvalue weighted by Crippen LogP contribution is 2.19. The van der Waals surface area contributed by atoms with Crippen molar-refractivity contribution in [2.24, 2.45) is 5.92 Å². The van der Waals surface area contributed by atoms with Crippen molar-refractivity contribution in [2.45, 2.75) is 12.8 Å². The average Bonchev–Trinajstić information content (AvgIpc) is 2.40. The predicted molar refractivity (Wildman–Crippen MR) is 64.2 cm³/mol. The molecule has 17 heavy (non-hydrogen) atoms. The zero-order valence-electron chi connectivity index (χ0n) is 10.2. The first-order chi connectivity index (χ1) is 8.31. The van der Waals surface area contributed by atoms with E-state index in [0.717, 1.165) is 52.1 Å². The molecule has 94 valence electrons. The van der Waals surface area contributed by atoms with E-state index in [4.69, 9.17) is 5.26 Å². The lowest BCUT2D eigenvalue weighted by Gasteiger charge is -2.35. The predicted octanol–water partition coefficient (Wildman–Crippen LogP) is -0.346. The van der Waals surface area contributed by atoms with Crippen LogP contribution in [0.1, 0.15) is 12.8 Å². The molecule has 0 aromatic heterocycles. The number of nitriles is 1. The molecular weight excluding hydrogens is 216 g/mol. The van der Waals surface area contributed by atoms with Crippen LogP contribution in [0.15, 0.2) is 0 Å². The van der Waals surface area contributed by atoms with Crippen LogP contribution in [0.4, 0.5) is 0 Å². The van der Waals surface area contributed by atoms with Crippen LogP contribution in [-0.4, -0.2) is 61.5 Å². The third kappa shape index (κ3) is 3.18. The summed E-state index contributed by atoms with van der Waals surface area (Å²) in [7, 11) is 0. The Hall–Kier alpha value is -1.12. The van der Waals surface area contributed by atoms with E-state index in [-0.39, 0.29) is 5.92 Å². The number of carbonyl (C=O) groups is 1. The number of likely N-dealkylation sites (tertiary alicyclic amines) is 1. The molecule has 0 saturated carbocycles. The molecule has 2 heterocycles. The highest BCUT2D eigenvalue weighted by molar-refractivity contribution is 5.79. The summed E-state index contributed by atoms with van der Waals surface area (Å²) in [6, 6.07) is 2.17. The lowest BCUT2D eigenvalue weighted by atomic mass is 9.95. The summed E-state index contributed by atoms with van der Waals surface area (Å²) >= 11 is 0. The van der Waals surface area contributed by atoms with Gasteiger partial charge < -0.3 is 10.2 Å². The van der Waals surface area contributed by atoms with E-state index in [9.17, 15) is 4.79 Å². The van der Waals surface area contributed by atoms with Gasteiger partial charge in [0, 0.05) is 32.1 Å².